The molecular formula is C24H19N3O7S. The molecule has 11 heteroatoms. The number of Topliss-reactive ketones (excluding diaryl/α,β-unsaturated/α-hetero) is 1. The minimum absolute atomic E-state index is 0.0521. The van der Waals surface area contributed by atoms with Gasteiger partial charge in [-0.2, -0.15) is 0 Å². The van der Waals surface area contributed by atoms with Crippen molar-refractivity contribution >= 4 is 45.6 Å². The number of aliphatic hydroxyl groups excluding tert-OH is 1. The molecule has 0 saturated carbocycles. The van der Waals surface area contributed by atoms with Gasteiger partial charge in [-0.25, -0.2) is 9.78 Å². The monoisotopic (exact) mass is 493 g/mol. The zero-order chi connectivity index (χ0) is 25.4. The summed E-state index contributed by atoms with van der Waals surface area (Å²) in [5.74, 6) is -2.93. The van der Waals surface area contributed by atoms with Crippen molar-refractivity contribution in [2.45, 2.75) is 19.9 Å². The van der Waals surface area contributed by atoms with Crippen molar-refractivity contribution in [3.05, 3.63) is 91.5 Å². The first-order valence-corrected chi connectivity index (χ1v) is 11.1. The van der Waals surface area contributed by atoms with E-state index in [0.717, 1.165) is 21.8 Å². The van der Waals surface area contributed by atoms with Gasteiger partial charge in [-0.15, -0.1) is 0 Å². The molecule has 1 aromatic heterocycles. The number of nitro benzene ring substituents is 1. The number of amides is 1. The number of carbonyl (C=O) groups excluding carboxylic acids is 3. The van der Waals surface area contributed by atoms with Crippen LogP contribution in [0.2, 0.25) is 0 Å². The van der Waals surface area contributed by atoms with Gasteiger partial charge in [0.2, 0.25) is 0 Å². The molecule has 35 heavy (non-hydrogen) atoms. The molecule has 10 nitrogen and oxygen atoms in total. The summed E-state index contributed by atoms with van der Waals surface area (Å²) >= 11 is 0.868. The molecule has 1 atom stereocenters. The van der Waals surface area contributed by atoms with Crippen LogP contribution in [0.15, 0.2) is 54.1 Å². The van der Waals surface area contributed by atoms with Gasteiger partial charge in [0.1, 0.15) is 10.6 Å². The first-order chi connectivity index (χ1) is 16.6. The quantitative estimate of drug-likeness (QED) is 0.140. The molecule has 0 spiro atoms. The van der Waals surface area contributed by atoms with Gasteiger partial charge >= 0.3 is 11.9 Å². The van der Waals surface area contributed by atoms with Gasteiger partial charge in [0, 0.05) is 17.7 Å². The third-order valence-corrected chi connectivity index (χ3v) is 6.69. The number of carbonyl (C=O) groups is 3. The number of hydrogen-bond acceptors (Lipinski definition) is 9. The molecule has 178 valence electrons. The fraction of sp³-hybridized carbons (Fsp3) is 0.167. The van der Waals surface area contributed by atoms with Crippen LogP contribution in [0, 0.1) is 24.0 Å². The topological polar surface area (TPSA) is 140 Å². The van der Waals surface area contributed by atoms with E-state index in [-0.39, 0.29) is 21.3 Å². The Morgan fingerprint density at radius 2 is 1.74 bits per heavy atom. The van der Waals surface area contributed by atoms with Gasteiger partial charge < -0.3 is 9.84 Å². The normalized spacial score (nSPS) is 17.0. The molecule has 1 aliphatic rings. The number of anilines is 1. The maximum atomic E-state index is 13.2. The van der Waals surface area contributed by atoms with E-state index in [9.17, 15) is 29.6 Å². The number of aliphatic hydroxyl groups is 1. The molecular weight excluding hydrogens is 474 g/mol. The largest absolute Gasteiger partial charge is 0.507 e. The first-order valence-electron chi connectivity index (χ1n) is 10.3. The number of aryl methyl sites for hydroxylation is 2. The van der Waals surface area contributed by atoms with E-state index < -0.39 is 34.4 Å². The predicted octanol–water partition coefficient (Wildman–Crippen LogP) is 4.08. The summed E-state index contributed by atoms with van der Waals surface area (Å²) in [6.45, 7) is 3.43. The Morgan fingerprint density at radius 1 is 1.11 bits per heavy atom. The SMILES string of the molecule is COC(=O)c1sc(N2C(=O)C(=O)C(=C(O)c3ccc(C)cc3)C2c2ccc([N+](=O)[O-])cc2)nc1C. The number of aromatic nitrogens is 1. The van der Waals surface area contributed by atoms with Crippen molar-refractivity contribution in [2.24, 2.45) is 0 Å². The number of nitrogens with zero attached hydrogens (tertiary/aromatic N) is 3. The molecule has 2 aromatic carbocycles. The van der Waals surface area contributed by atoms with Gasteiger partial charge in [0.05, 0.1) is 29.3 Å². The fourth-order valence-corrected chi connectivity index (χ4v) is 4.77. The molecule has 1 aliphatic heterocycles. The zero-order valence-electron chi connectivity index (χ0n) is 18.8. The maximum Gasteiger partial charge on any atom is 0.350 e. The Morgan fingerprint density at radius 3 is 2.31 bits per heavy atom. The molecule has 1 unspecified atom stereocenters. The van der Waals surface area contributed by atoms with Crippen LogP contribution in [0.25, 0.3) is 5.76 Å². The summed E-state index contributed by atoms with van der Waals surface area (Å²) in [6, 6.07) is 10.9. The van der Waals surface area contributed by atoms with Crippen LogP contribution in [-0.4, -0.2) is 39.8 Å². The van der Waals surface area contributed by atoms with Crippen molar-refractivity contribution in [3.63, 3.8) is 0 Å². The van der Waals surface area contributed by atoms with Crippen molar-refractivity contribution in [1.82, 2.24) is 4.98 Å². The lowest BCUT2D eigenvalue weighted by Gasteiger charge is -2.23. The number of nitro groups is 1. The second-order valence-electron chi connectivity index (χ2n) is 7.79. The lowest BCUT2D eigenvalue weighted by molar-refractivity contribution is -0.384. The van der Waals surface area contributed by atoms with Crippen LogP contribution >= 0.6 is 11.3 Å². The number of methoxy groups -OCH3 is 1. The molecule has 0 aliphatic carbocycles. The van der Waals surface area contributed by atoms with Crippen LogP contribution in [0.1, 0.15) is 38.1 Å². The van der Waals surface area contributed by atoms with E-state index >= 15 is 0 Å². The van der Waals surface area contributed by atoms with Crippen LogP contribution in [0.4, 0.5) is 10.8 Å². The summed E-state index contributed by atoms with van der Waals surface area (Å²) in [5.41, 5.74) is 1.53. The number of hydrogen-bond donors (Lipinski definition) is 1. The van der Waals surface area contributed by atoms with E-state index in [0.29, 0.717) is 16.8 Å². The second-order valence-corrected chi connectivity index (χ2v) is 8.76. The number of ether oxygens (including phenoxy) is 1. The average Bonchev–Trinajstić information content (AvgIpc) is 3.35. The van der Waals surface area contributed by atoms with E-state index in [4.69, 9.17) is 4.74 Å². The summed E-state index contributed by atoms with van der Waals surface area (Å²) in [5, 5.41) is 22.3. The van der Waals surface area contributed by atoms with Gasteiger partial charge in [-0.05, 0) is 31.5 Å². The molecule has 1 fully saturated rings. The molecule has 1 N–H and O–H groups in total. The highest BCUT2D eigenvalue weighted by Gasteiger charge is 2.48. The Kier molecular flexibility index (Phi) is 6.18. The molecule has 1 saturated heterocycles. The van der Waals surface area contributed by atoms with E-state index in [2.05, 4.69) is 4.98 Å². The second kappa shape index (κ2) is 9.11. The van der Waals surface area contributed by atoms with Gasteiger partial charge in [-0.3, -0.25) is 24.6 Å². The molecule has 0 radical (unpaired) electrons. The Labute approximate surface area is 203 Å². The minimum atomic E-state index is -1.13. The lowest BCUT2D eigenvalue weighted by Crippen LogP contribution is -2.29. The molecule has 0 bridgehead atoms. The Bertz CT molecular complexity index is 1390. The number of thiazole rings is 1. The highest BCUT2D eigenvalue weighted by atomic mass is 32.1. The van der Waals surface area contributed by atoms with E-state index in [1.807, 2.05) is 6.92 Å². The number of non-ortho nitro benzene ring substituents is 1. The highest BCUT2D eigenvalue weighted by molar-refractivity contribution is 7.17. The van der Waals surface area contributed by atoms with Crippen molar-refractivity contribution in [3.8, 4) is 0 Å². The first kappa shape index (κ1) is 23.8. The smallest absolute Gasteiger partial charge is 0.350 e. The molecule has 3 aromatic rings. The average molecular weight is 493 g/mol. The third kappa shape index (κ3) is 4.17. The number of ketones is 1. The number of benzene rings is 2. The van der Waals surface area contributed by atoms with Gasteiger partial charge in [0.15, 0.2) is 5.13 Å². The standard InChI is InChI=1S/C24H19N3O7S/c1-12-4-6-15(7-5-12)19(28)17-18(14-8-10-16(11-9-14)27(32)33)26(22(30)20(17)29)24-25-13(2)21(35-24)23(31)34-3/h4-11,18,28H,1-3H3. The highest BCUT2D eigenvalue weighted by Crippen LogP contribution is 2.44. The van der Waals surface area contributed by atoms with E-state index in [1.165, 1.54) is 31.4 Å². The van der Waals surface area contributed by atoms with Crippen LogP contribution in [0.5, 0.6) is 0 Å². The Balaban J connectivity index is 1.93. The molecule has 2 heterocycles. The van der Waals surface area contributed by atoms with Crippen molar-refractivity contribution in [1.29, 1.82) is 0 Å². The number of esters is 1. The van der Waals surface area contributed by atoms with Gasteiger partial charge in [-0.1, -0.05) is 41.2 Å². The Hall–Kier alpha value is -4.38. The fourth-order valence-electron chi connectivity index (χ4n) is 3.76. The third-order valence-electron chi connectivity index (χ3n) is 5.55. The zero-order valence-corrected chi connectivity index (χ0v) is 19.7. The predicted molar refractivity (Wildman–Crippen MR) is 127 cm³/mol. The number of rotatable bonds is 5. The van der Waals surface area contributed by atoms with Gasteiger partial charge in [0.25, 0.3) is 11.5 Å². The van der Waals surface area contributed by atoms with Crippen LogP contribution < -0.4 is 4.90 Å². The lowest BCUT2D eigenvalue weighted by atomic mass is 9.95. The summed E-state index contributed by atoms with van der Waals surface area (Å²) in [4.78, 5) is 54.6. The van der Waals surface area contributed by atoms with Crippen LogP contribution in [0.3, 0.4) is 0 Å². The van der Waals surface area contributed by atoms with E-state index in [1.54, 1.807) is 31.2 Å². The summed E-state index contributed by atoms with van der Waals surface area (Å²) in [7, 11) is 1.21. The summed E-state index contributed by atoms with van der Waals surface area (Å²) in [6.07, 6.45) is 0. The van der Waals surface area contributed by atoms with Crippen molar-refractivity contribution < 1.29 is 29.2 Å². The minimum Gasteiger partial charge on any atom is -0.507 e. The maximum absolute atomic E-state index is 13.2. The molecule has 4 rings (SSSR count). The van der Waals surface area contributed by atoms with Crippen molar-refractivity contribution in [2.75, 3.05) is 12.0 Å². The molecule has 1 amide bonds. The summed E-state index contributed by atoms with van der Waals surface area (Å²) < 4.78 is 4.76. The van der Waals surface area contributed by atoms with Crippen LogP contribution in [-0.2, 0) is 14.3 Å².